The Hall–Kier alpha value is -1.63. The second kappa shape index (κ2) is 8.46. The molecule has 24 heavy (non-hydrogen) atoms. The minimum atomic E-state index is -0.0824. The third kappa shape index (κ3) is 4.93. The number of benzene rings is 2. The quantitative estimate of drug-likeness (QED) is 0.790. The molecule has 0 atom stereocenters. The van der Waals surface area contributed by atoms with E-state index in [9.17, 15) is 4.79 Å². The molecule has 0 bridgehead atoms. The summed E-state index contributed by atoms with van der Waals surface area (Å²) in [4.78, 5) is 14.2. The van der Waals surface area contributed by atoms with Crippen molar-refractivity contribution in [2.45, 2.75) is 0 Å². The van der Waals surface area contributed by atoms with Gasteiger partial charge in [-0.3, -0.25) is 9.69 Å². The molecule has 5 nitrogen and oxygen atoms in total. The van der Waals surface area contributed by atoms with Crippen LogP contribution in [0.2, 0.25) is 0 Å². The number of nitrogens with zero attached hydrogens (tertiary/aromatic N) is 1. The van der Waals surface area contributed by atoms with Gasteiger partial charge in [-0.25, -0.2) is 0 Å². The summed E-state index contributed by atoms with van der Waals surface area (Å²) in [5.74, 6) is 0.628. The van der Waals surface area contributed by atoms with Gasteiger partial charge in [0.25, 0.3) is 5.91 Å². The van der Waals surface area contributed by atoms with Gasteiger partial charge >= 0.3 is 0 Å². The molecule has 1 fully saturated rings. The molecule has 2 N–H and O–H groups in total. The fraction of sp³-hybridized carbons (Fsp3) is 0.389. The maximum absolute atomic E-state index is 11.9. The fourth-order valence-corrected chi connectivity index (χ4v) is 3.15. The maximum Gasteiger partial charge on any atom is 0.257 e. The van der Waals surface area contributed by atoms with Crippen LogP contribution >= 0.6 is 15.9 Å². The smallest absolute Gasteiger partial charge is 0.257 e. The molecule has 1 aliphatic heterocycles. The highest BCUT2D eigenvalue weighted by Gasteiger charge is 2.09. The molecule has 3 rings (SSSR count). The lowest BCUT2D eigenvalue weighted by Crippen LogP contribution is -2.46. The maximum atomic E-state index is 11.9. The second-order valence-corrected chi connectivity index (χ2v) is 6.80. The SMILES string of the molecule is O=C(COc1ccc2cc(Br)ccc2c1)NCCN1CCNCC1. The Balaban J connectivity index is 1.43. The standard InChI is InChI=1S/C18H22BrN3O2/c19-16-3-1-15-12-17(4-2-14(15)11-16)24-13-18(23)21-7-10-22-8-5-20-6-9-22/h1-4,11-12,20H,5-10,13H2,(H,21,23). The van der Waals surface area contributed by atoms with Crippen molar-refractivity contribution in [2.24, 2.45) is 0 Å². The number of hydrogen-bond acceptors (Lipinski definition) is 4. The highest BCUT2D eigenvalue weighted by atomic mass is 79.9. The topological polar surface area (TPSA) is 53.6 Å². The molecular weight excluding hydrogens is 370 g/mol. The minimum Gasteiger partial charge on any atom is -0.484 e. The van der Waals surface area contributed by atoms with Crippen molar-refractivity contribution >= 4 is 32.6 Å². The van der Waals surface area contributed by atoms with Gasteiger partial charge in [0.15, 0.2) is 6.61 Å². The predicted molar refractivity (Wildman–Crippen MR) is 99.5 cm³/mol. The molecule has 0 spiro atoms. The molecule has 0 saturated carbocycles. The molecule has 0 radical (unpaired) electrons. The van der Waals surface area contributed by atoms with Gasteiger partial charge in [-0.05, 0) is 35.0 Å². The summed E-state index contributed by atoms with van der Waals surface area (Å²) in [6, 6.07) is 11.9. The number of piperazine rings is 1. The second-order valence-electron chi connectivity index (χ2n) is 5.88. The summed E-state index contributed by atoms with van der Waals surface area (Å²) >= 11 is 3.46. The first-order valence-electron chi connectivity index (χ1n) is 8.22. The van der Waals surface area contributed by atoms with Crippen LogP contribution in [0.1, 0.15) is 0 Å². The molecule has 2 aromatic carbocycles. The summed E-state index contributed by atoms with van der Waals surface area (Å²) in [5, 5.41) is 8.46. The van der Waals surface area contributed by atoms with Gasteiger partial charge in [-0.1, -0.05) is 28.1 Å². The first kappa shape index (κ1) is 17.2. The lowest BCUT2D eigenvalue weighted by Gasteiger charge is -2.27. The Labute approximate surface area is 150 Å². The minimum absolute atomic E-state index is 0.0452. The Bertz CT molecular complexity index is 702. The van der Waals surface area contributed by atoms with Gasteiger partial charge in [0.2, 0.25) is 0 Å². The number of carbonyl (C=O) groups is 1. The molecule has 0 unspecified atom stereocenters. The van der Waals surface area contributed by atoms with E-state index in [4.69, 9.17) is 4.74 Å². The van der Waals surface area contributed by atoms with Crippen molar-refractivity contribution in [3.63, 3.8) is 0 Å². The van der Waals surface area contributed by atoms with E-state index in [1.54, 1.807) is 0 Å². The number of hydrogen-bond donors (Lipinski definition) is 2. The Kier molecular flexibility index (Phi) is 6.07. The fourth-order valence-electron chi connectivity index (χ4n) is 2.77. The van der Waals surface area contributed by atoms with Crippen molar-refractivity contribution in [3.05, 3.63) is 40.9 Å². The van der Waals surface area contributed by atoms with E-state index in [0.29, 0.717) is 12.3 Å². The Morgan fingerprint density at radius 1 is 1.17 bits per heavy atom. The molecule has 1 saturated heterocycles. The van der Waals surface area contributed by atoms with Gasteiger partial charge < -0.3 is 15.4 Å². The average Bonchev–Trinajstić information content (AvgIpc) is 2.61. The number of rotatable bonds is 6. The van der Waals surface area contributed by atoms with E-state index in [0.717, 1.165) is 48.0 Å². The van der Waals surface area contributed by atoms with E-state index in [1.165, 1.54) is 0 Å². The Morgan fingerprint density at radius 3 is 2.75 bits per heavy atom. The van der Waals surface area contributed by atoms with Gasteiger partial charge in [0.1, 0.15) is 5.75 Å². The highest BCUT2D eigenvalue weighted by molar-refractivity contribution is 9.10. The first-order valence-corrected chi connectivity index (χ1v) is 9.02. The number of fused-ring (bicyclic) bond motifs is 1. The van der Waals surface area contributed by atoms with Crippen LogP contribution in [-0.4, -0.2) is 56.7 Å². The first-order chi connectivity index (χ1) is 11.7. The van der Waals surface area contributed by atoms with Gasteiger partial charge in [-0.2, -0.15) is 0 Å². The zero-order chi connectivity index (χ0) is 16.8. The van der Waals surface area contributed by atoms with Crippen LogP contribution in [0.15, 0.2) is 40.9 Å². The van der Waals surface area contributed by atoms with Crippen molar-refractivity contribution in [2.75, 3.05) is 45.9 Å². The summed E-state index contributed by atoms with van der Waals surface area (Å²) in [5.41, 5.74) is 0. The molecular formula is C18H22BrN3O2. The highest BCUT2D eigenvalue weighted by Crippen LogP contribution is 2.24. The number of halogens is 1. The number of amides is 1. The number of ether oxygens (including phenoxy) is 1. The molecule has 1 amide bonds. The van der Waals surface area contributed by atoms with Crippen molar-refractivity contribution < 1.29 is 9.53 Å². The van der Waals surface area contributed by atoms with Crippen LogP contribution in [0, 0.1) is 0 Å². The van der Waals surface area contributed by atoms with Crippen molar-refractivity contribution in [1.82, 2.24) is 15.5 Å². The third-order valence-corrected chi connectivity index (χ3v) is 4.60. The van der Waals surface area contributed by atoms with Crippen LogP contribution in [-0.2, 0) is 4.79 Å². The number of nitrogens with one attached hydrogen (secondary N) is 2. The number of carbonyl (C=O) groups excluding carboxylic acids is 1. The molecule has 6 heteroatoms. The van der Waals surface area contributed by atoms with Crippen molar-refractivity contribution in [3.8, 4) is 5.75 Å². The van der Waals surface area contributed by atoms with E-state index >= 15 is 0 Å². The molecule has 0 aliphatic carbocycles. The summed E-state index contributed by atoms with van der Waals surface area (Å²) < 4.78 is 6.65. The lowest BCUT2D eigenvalue weighted by molar-refractivity contribution is -0.123. The van der Waals surface area contributed by atoms with Crippen LogP contribution in [0.4, 0.5) is 0 Å². The van der Waals surface area contributed by atoms with Crippen LogP contribution in [0.3, 0.4) is 0 Å². The molecule has 1 heterocycles. The van der Waals surface area contributed by atoms with Gasteiger partial charge in [0.05, 0.1) is 0 Å². The lowest BCUT2D eigenvalue weighted by atomic mass is 10.1. The van der Waals surface area contributed by atoms with Crippen LogP contribution in [0.25, 0.3) is 10.8 Å². The molecule has 128 valence electrons. The molecule has 2 aromatic rings. The Morgan fingerprint density at radius 2 is 1.92 bits per heavy atom. The summed E-state index contributed by atoms with van der Waals surface area (Å²) in [6.45, 7) is 5.72. The predicted octanol–water partition coefficient (Wildman–Crippen LogP) is 2.00. The summed E-state index contributed by atoms with van der Waals surface area (Å²) in [7, 11) is 0. The van der Waals surface area contributed by atoms with E-state index in [-0.39, 0.29) is 12.5 Å². The average molecular weight is 392 g/mol. The molecule has 1 aliphatic rings. The van der Waals surface area contributed by atoms with E-state index in [2.05, 4.69) is 37.5 Å². The molecule has 0 aromatic heterocycles. The van der Waals surface area contributed by atoms with E-state index < -0.39 is 0 Å². The zero-order valence-electron chi connectivity index (χ0n) is 13.6. The van der Waals surface area contributed by atoms with Crippen molar-refractivity contribution in [1.29, 1.82) is 0 Å². The monoisotopic (exact) mass is 391 g/mol. The van der Waals surface area contributed by atoms with Gasteiger partial charge in [0, 0.05) is 43.7 Å². The summed E-state index contributed by atoms with van der Waals surface area (Å²) in [6.07, 6.45) is 0. The van der Waals surface area contributed by atoms with Crippen LogP contribution < -0.4 is 15.4 Å². The normalized spacial score (nSPS) is 15.4. The third-order valence-electron chi connectivity index (χ3n) is 4.10. The van der Waals surface area contributed by atoms with E-state index in [1.807, 2.05) is 30.3 Å². The van der Waals surface area contributed by atoms with Crippen LogP contribution in [0.5, 0.6) is 5.75 Å². The largest absolute Gasteiger partial charge is 0.484 e. The zero-order valence-corrected chi connectivity index (χ0v) is 15.1. The van der Waals surface area contributed by atoms with Gasteiger partial charge in [-0.15, -0.1) is 0 Å².